The minimum Gasteiger partial charge on any atom is -0.478 e. The fourth-order valence-electron chi connectivity index (χ4n) is 4.95. The van der Waals surface area contributed by atoms with Crippen LogP contribution in [-0.2, 0) is 24.4 Å². The summed E-state index contributed by atoms with van der Waals surface area (Å²) < 4.78 is 27.5. The van der Waals surface area contributed by atoms with E-state index in [1.165, 1.54) is 12.3 Å². The first-order valence-electron chi connectivity index (χ1n) is 13.1. The van der Waals surface area contributed by atoms with Crippen molar-refractivity contribution in [2.45, 2.75) is 32.2 Å². The lowest BCUT2D eigenvalue weighted by molar-refractivity contribution is -0.0592. The van der Waals surface area contributed by atoms with Crippen molar-refractivity contribution in [2.24, 2.45) is 0 Å². The van der Waals surface area contributed by atoms with Crippen molar-refractivity contribution in [3.05, 3.63) is 76.6 Å². The van der Waals surface area contributed by atoms with Crippen LogP contribution in [0.4, 0.5) is 10.2 Å². The number of benzene rings is 1. The van der Waals surface area contributed by atoms with Gasteiger partial charge in [0, 0.05) is 45.0 Å². The first kappa shape index (κ1) is 26.4. The maximum absolute atomic E-state index is 14.0. The van der Waals surface area contributed by atoms with Gasteiger partial charge in [0.1, 0.15) is 29.8 Å². The Labute approximate surface area is 234 Å². The van der Waals surface area contributed by atoms with E-state index in [-0.39, 0.29) is 29.0 Å². The van der Waals surface area contributed by atoms with Crippen LogP contribution in [0.25, 0.3) is 11.0 Å². The quantitative estimate of drug-likeness (QED) is 0.322. The number of halogens is 2. The molecule has 12 heteroatoms. The van der Waals surface area contributed by atoms with Crippen LogP contribution < -0.4 is 9.64 Å². The van der Waals surface area contributed by atoms with Crippen molar-refractivity contribution in [1.29, 1.82) is 0 Å². The highest BCUT2D eigenvalue weighted by Gasteiger charge is 2.25. The molecule has 4 aromatic rings. The lowest BCUT2D eigenvalue weighted by Gasteiger charge is -2.35. The molecular formula is C28H28ClFN6O4. The molecule has 0 bridgehead atoms. The van der Waals surface area contributed by atoms with Gasteiger partial charge in [-0.3, -0.25) is 9.88 Å². The highest BCUT2D eigenvalue weighted by molar-refractivity contribution is 6.30. The monoisotopic (exact) mass is 566 g/mol. The molecule has 1 unspecified atom stereocenters. The average Bonchev–Trinajstić information content (AvgIpc) is 3.26. The first-order valence-corrected chi connectivity index (χ1v) is 13.5. The van der Waals surface area contributed by atoms with Crippen LogP contribution in [0.5, 0.6) is 5.88 Å². The highest BCUT2D eigenvalue weighted by Crippen LogP contribution is 2.25. The minimum absolute atomic E-state index is 0.0475. The van der Waals surface area contributed by atoms with Crippen molar-refractivity contribution in [1.82, 2.24) is 24.4 Å². The van der Waals surface area contributed by atoms with Crippen LogP contribution in [0, 0.1) is 5.82 Å². The van der Waals surface area contributed by atoms with Crippen molar-refractivity contribution in [3.63, 3.8) is 0 Å². The van der Waals surface area contributed by atoms with E-state index in [2.05, 4.69) is 24.3 Å². The van der Waals surface area contributed by atoms with Gasteiger partial charge in [0.05, 0.1) is 40.8 Å². The van der Waals surface area contributed by atoms with Crippen molar-refractivity contribution < 1.29 is 23.8 Å². The maximum atomic E-state index is 14.0. The van der Waals surface area contributed by atoms with Gasteiger partial charge >= 0.3 is 5.97 Å². The predicted molar refractivity (Wildman–Crippen MR) is 146 cm³/mol. The third-order valence-electron chi connectivity index (χ3n) is 7.26. The second-order valence-corrected chi connectivity index (χ2v) is 10.3. The van der Waals surface area contributed by atoms with Crippen LogP contribution in [0.2, 0.25) is 5.02 Å². The van der Waals surface area contributed by atoms with Crippen molar-refractivity contribution in [2.75, 3.05) is 37.7 Å². The van der Waals surface area contributed by atoms with Gasteiger partial charge in [-0.05, 0) is 36.8 Å². The lowest BCUT2D eigenvalue weighted by Crippen LogP contribution is -2.46. The van der Waals surface area contributed by atoms with Crippen LogP contribution in [0.3, 0.4) is 0 Å². The molecule has 0 aliphatic carbocycles. The van der Waals surface area contributed by atoms with Gasteiger partial charge in [-0.15, -0.1) is 0 Å². The smallest absolute Gasteiger partial charge is 0.335 e. The number of fused-ring (bicyclic) bond motifs is 1. The number of aromatic carboxylic acids is 1. The molecule has 0 spiro atoms. The van der Waals surface area contributed by atoms with E-state index in [9.17, 15) is 14.3 Å². The van der Waals surface area contributed by atoms with Gasteiger partial charge in [-0.1, -0.05) is 17.7 Å². The van der Waals surface area contributed by atoms with Crippen LogP contribution in [0.15, 0.2) is 48.7 Å². The second-order valence-electron chi connectivity index (χ2n) is 9.90. The average molecular weight is 567 g/mol. The fourth-order valence-corrected chi connectivity index (χ4v) is 5.09. The fraction of sp³-hybridized carbons (Fsp3) is 0.357. The molecule has 1 aromatic carbocycles. The molecule has 1 atom stereocenters. The van der Waals surface area contributed by atoms with E-state index in [0.29, 0.717) is 19.0 Å². The van der Waals surface area contributed by atoms with Crippen molar-refractivity contribution in [3.8, 4) is 5.88 Å². The molecule has 3 aromatic heterocycles. The van der Waals surface area contributed by atoms with Gasteiger partial charge in [-0.2, -0.15) is 4.98 Å². The number of anilines is 1. The molecule has 0 radical (unpaired) electrons. The lowest BCUT2D eigenvalue weighted by atomic mass is 10.1. The van der Waals surface area contributed by atoms with E-state index in [1.807, 2.05) is 12.1 Å². The summed E-state index contributed by atoms with van der Waals surface area (Å²) in [6, 6.07) is 11.8. The molecule has 2 aliphatic rings. The topological polar surface area (TPSA) is 106 Å². The number of carbonyl (C=O) groups is 1. The highest BCUT2D eigenvalue weighted by atomic mass is 35.5. The third-order valence-corrected chi connectivity index (χ3v) is 7.47. The Bertz CT molecular complexity index is 1540. The number of hydrogen-bond donors (Lipinski definition) is 1. The third kappa shape index (κ3) is 5.72. The minimum atomic E-state index is -0.955. The molecular weight excluding hydrogens is 539 g/mol. The Kier molecular flexibility index (Phi) is 7.50. The number of imidazole rings is 1. The molecule has 208 valence electrons. The zero-order valence-electron chi connectivity index (χ0n) is 21.7. The predicted octanol–water partition coefficient (Wildman–Crippen LogP) is 4.01. The van der Waals surface area contributed by atoms with Crippen molar-refractivity contribution >= 4 is 34.4 Å². The van der Waals surface area contributed by atoms with Gasteiger partial charge in [0.2, 0.25) is 5.88 Å². The van der Waals surface area contributed by atoms with Gasteiger partial charge in [0.15, 0.2) is 0 Å². The summed E-state index contributed by atoms with van der Waals surface area (Å²) in [6.07, 6.45) is 2.49. The number of hydrogen-bond acceptors (Lipinski definition) is 8. The van der Waals surface area contributed by atoms with E-state index < -0.39 is 11.8 Å². The summed E-state index contributed by atoms with van der Waals surface area (Å²) in [6.45, 7) is 5.14. The number of aromatic nitrogens is 4. The molecule has 0 saturated carbocycles. The SMILES string of the molecule is O=C(O)c1ccc2nc(CN3CCN(c4cccc(OCc5ncc(Cl)cc5F)n4)CC3)n(CC3CCO3)c2c1. The standard InChI is InChI=1S/C28H28ClFN6O4/c29-19-13-21(30)23(31-14-19)17-40-27-3-1-2-25(33-27)35-9-7-34(8-10-35)16-26-32-22-5-4-18(28(37)38)12-24(22)36(26)15-20-6-11-39-20/h1-5,12-14,20H,6-11,15-17H2,(H,37,38). The van der Waals surface area contributed by atoms with Gasteiger partial charge in [0.25, 0.3) is 0 Å². The van der Waals surface area contributed by atoms with Crippen LogP contribution >= 0.6 is 11.6 Å². The van der Waals surface area contributed by atoms with E-state index in [0.717, 1.165) is 61.9 Å². The maximum Gasteiger partial charge on any atom is 0.335 e. The van der Waals surface area contributed by atoms with Crippen LogP contribution in [-0.4, -0.2) is 74.4 Å². The molecule has 40 heavy (non-hydrogen) atoms. The molecule has 10 nitrogen and oxygen atoms in total. The number of carboxylic acids is 1. The van der Waals surface area contributed by atoms with Gasteiger partial charge < -0.3 is 24.0 Å². The first-order chi connectivity index (χ1) is 19.4. The number of rotatable bonds is 9. The summed E-state index contributed by atoms with van der Waals surface area (Å²) in [4.78, 5) is 29.5. The zero-order chi connectivity index (χ0) is 27.6. The number of nitrogens with zero attached hydrogens (tertiary/aromatic N) is 6. The zero-order valence-corrected chi connectivity index (χ0v) is 22.4. The Morgan fingerprint density at radius 1 is 1.15 bits per heavy atom. The molecule has 5 heterocycles. The molecule has 2 saturated heterocycles. The Balaban J connectivity index is 1.11. The van der Waals surface area contributed by atoms with E-state index >= 15 is 0 Å². The molecule has 6 rings (SSSR count). The number of piperazine rings is 1. The van der Waals surface area contributed by atoms with E-state index in [4.69, 9.17) is 26.1 Å². The Morgan fingerprint density at radius 2 is 1.98 bits per heavy atom. The summed E-state index contributed by atoms with van der Waals surface area (Å²) in [5.74, 6) is 0.610. The molecule has 2 aliphatic heterocycles. The number of ether oxygens (including phenoxy) is 2. The number of carboxylic acid groups (broad SMARTS) is 1. The normalized spacial score (nSPS) is 17.6. The summed E-state index contributed by atoms with van der Waals surface area (Å²) in [5, 5.41) is 9.71. The Hall–Kier alpha value is -3.80. The number of pyridine rings is 2. The molecule has 0 amide bonds. The van der Waals surface area contributed by atoms with E-state index in [1.54, 1.807) is 24.3 Å². The van der Waals surface area contributed by atoms with Gasteiger partial charge in [-0.25, -0.2) is 14.2 Å². The molecule has 2 fully saturated rings. The second kappa shape index (κ2) is 11.4. The molecule has 1 N–H and O–H groups in total. The Morgan fingerprint density at radius 3 is 2.70 bits per heavy atom. The summed E-state index contributed by atoms with van der Waals surface area (Å²) in [7, 11) is 0. The largest absolute Gasteiger partial charge is 0.478 e. The van der Waals surface area contributed by atoms with Crippen LogP contribution in [0.1, 0.15) is 28.3 Å². The summed E-state index contributed by atoms with van der Waals surface area (Å²) in [5.41, 5.74) is 2.02. The summed E-state index contributed by atoms with van der Waals surface area (Å²) >= 11 is 5.77.